The van der Waals surface area contributed by atoms with Crippen LogP contribution in [-0.2, 0) is 4.79 Å². The van der Waals surface area contributed by atoms with E-state index in [-0.39, 0.29) is 11.9 Å². The van der Waals surface area contributed by atoms with Gasteiger partial charge in [-0.15, -0.1) is 0 Å². The van der Waals surface area contributed by atoms with E-state index in [0.29, 0.717) is 0 Å². The molecule has 1 atom stereocenters. The normalized spacial score (nSPS) is 21.2. The van der Waals surface area contributed by atoms with Crippen molar-refractivity contribution >= 4 is 5.91 Å². The second kappa shape index (κ2) is 6.87. The van der Waals surface area contributed by atoms with Gasteiger partial charge in [-0.05, 0) is 13.8 Å². The fraction of sp³-hybridized carbons (Fsp3) is 0.667. The summed E-state index contributed by atoms with van der Waals surface area (Å²) in [4.78, 5) is 18.6. The van der Waals surface area contributed by atoms with Crippen LogP contribution in [0.2, 0.25) is 0 Å². The first kappa shape index (κ1) is 15.9. The number of likely N-dealkylation sites (N-methyl/N-ethyl adjacent to an activating group) is 1. The molecule has 1 amide bonds. The molecule has 1 rings (SSSR count). The van der Waals surface area contributed by atoms with Crippen LogP contribution < -0.4 is 0 Å². The van der Waals surface area contributed by atoms with Gasteiger partial charge in [0.15, 0.2) is 0 Å². The summed E-state index contributed by atoms with van der Waals surface area (Å²) in [6.45, 7) is 16.3. The predicted octanol–water partition coefficient (Wildman–Crippen LogP) is 1.21. The van der Waals surface area contributed by atoms with Gasteiger partial charge in [0.25, 0.3) is 0 Å². The van der Waals surface area contributed by atoms with Crippen molar-refractivity contribution in [2.24, 2.45) is 0 Å². The van der Waals surface area contributed by atoms with Gasteiger partial charge in [-0.2, -0.15) is 0 Å². The highest BCUT2D eigenvalue weighted by atomic mass is 16.2. The summed E-state index contributed by atoms with van der Waals surface area (Å²) < 4.78 is 0. The van der Waals surface area contributed by atoms with Gasteiger partial charge in [-0.25, -0.2) is 0 Å². The molecule has 1 unspecified atom stereocenters. The van der Waals surface area contributed by atoms with Crippen LogP contribution >= 0.6 is 0 Å². The molecule has 1 heterocycles. The Labute approximate surface area is 117 Å². The van der Waals surface area contributed by atoms with E-state index in [4.69, 9.17) is 0 Å². The number of carbonyl (C=O) groups is 1. The van der Waals surface area contributed by atoms with Crippen molar-refractivity contribution in [2.75, 3.05) is 46.8 Å². The maximum Gasteiger partial charge on any atom is 0.240 e. The molecule has 0 saturated carbocycles. The van der Waals surface area contributed by atoms with Gasteiger partial charge in [0.1, 0.15) is 6.04 Å². The van der Waals surface area contributed by atoms with E-state index in [0.717, 1.165) is 43.9 Å². The first-order valence-electron chi connectivity index (χ1n) is 6.77. The smallest absolute Gasteiger partial charge is 0.240 e. The molecule has 0 bridgehead atoms. The van der Waals surface area contributed by atoms with Crippen LogP contribution in [0.5, 0.6) is 0 Å². The molecule has 19 heavy (non-hydrogen) atoms. The SMILES string of the molecule is C=C(C)CN1CCN(CC(=C)C)C(C(=O)N(C)C)C1. The molecule has 4 nitrogen and oxygen atoms in total. The lowest BCUT2D eigenvalue weighted by Gasteiger charge is -2.41. The highest BCUT2D eigenvalue weighted by Crippen LogP contribution is 2.14. The maximum atomic E-state index is 12.3. The minimum atomic E-state index is -0.0696. The molecule has 1 aliphatic rings. The zero-order valence-electron chi connectivity index (χ0n) is 12.8. The predicted molar refractivity (Wildman–Crippen MR) is 80.1 cm³/mol. The van der Waals surface area contributed by atoms with Crippen molar-refractivity contribution in [1.82, 2.24) is 14.7 Å². The summed E-state index contributed by atoms with van der Waals surface area (Å²) in [5, 5.41) is 0. The molecular weight excluding hydrogens is 238 g/mol. The number of rotatable bonds is 5. The molecule has 1 fully saturated rings. The third-order valence-corrected chi connectivity index (χ3v) is 3.27. The molecule has 0 radical (unpaired) electrons. The second-order valence-corrected chi connectivity index (χ2v) is 5.87. The molecule has 0 aromatic carbocycles. The Morgan fingerprint density at radius 2 is 1.74 bits per heavy atom. The van der Waals surface area contributed by atoms with Crippen LogP contribution in [0.15, 0.2) is 24.3 Å². The third kappa shape index (κ3) is 4.80. The fourth-order valence-electron chi connectivity index (χ4n) is 2.47. The van der Waals surface area contributed by atoms with Gasteiger partial charge in [-0.3, -0.25) is 14.6 Å². The monoisotopic (exact) mass is 265 g/mol. The lowest BCUT2D eigenvalue weighted by Crippen LogP contribution is -2.59. The van der Waals surface area contributed by atoms with Gasteiger partial charge < -0.3 is 4.90 Å². The van der Waals surface area contributed by atoms with Crippen LogP contribution in [0.3, 0.4) is 0 Å². The number of nitrogens with zero attached hydrogens (tertiary/aromatic N) is 3. The Bertz CT molecular complexity index is 362. The lowest BCUT2D eigenvalue weighted by molar-refractivity contribution is -0.136. The molecule has 0 spiro atoms. The summed E-state index contributed by atoms with van der Waals surface area (Å²) >= 11 is 0. The molecule has 0 aromatic rings. The highest BCUT2D eigenvalue weighted by molar-refractivity contribution is 5.81. The van der Waals surface area contributed by atoms with E-state index in [9.17, 15) is 4.79 Å². The molecule has 4 heteroatoms. The summed E-state index contributed by atoms with van der Waals surface area (Å²) in [5.74, 6) is 0.174. The number of piperazine rings is 1. The average Bonchev–Trinajstić information content (AvgIpc) is 2.28. The van der Waals surface area contributed by atoms with Crippen LogP contribution in [0.25, 0.3) is 0 Å². The van der Waals surface area contributed by atoms with Crippen molar-refractivity contribution < 1.29 is 4.79 Å². The third-order valence-electron chi connectivity index (χ3n) is 3.27. The fourth-order valence-corrected chi connectivity index (χ4v) is 2.47. The minimum absolute atomic E-state index is 0.0696. The Balaban J connectivity index is 2.76. The zero-order valence-corrected chi connectivity index (χ0v) is 12.8. The lowest BCUT2D eigenvalue weighted by atomic mass is 10.1. The molecular formula is C15H27N3O. The van der Waals surface area contributed by atoms with E-state index >= 15 is 0 Å². The second-order valence-electron chi connectivity index (χ2n) is 5.87. The van der Waals surface area contributed by atoms with Gasteiger partial charge in [0, 0.05) is 46.8 Å². The maximum absolute atomic E-state index is 12.3. The van der Waals surface area contributed by atoms with Crippen molar-refractivity contribution in [3.05, 3.63) is 24.3 Å². The van der Waals surface area contributed by atoms with Crippen LogP contribution in [0.1, 0.15) is 13.8 Å². The molecule has 0 N–H and O–H groups in total. The summed E-state index contributed by atoms with van der Waals surface area (Å²) in [6, 6.07) is -0.0696. The summed E-state index contributed by atoms with van der Waals surface area (Å²) in [5.41, 5.74) is 2.24. The standard InChI is InChI=1S/C15H27N3O/c1-12(2)9-17-7-8-18(10-13(3)4)14(11-17)15(19)16(5)6/h14H,1,3,7-11H2,2,4-6H3. The summed E-state index contributed by atoms with van der Waals surface area (Å²) in [7, 11) is 3.64. The van der Waals surface area contributed by atoms with Crippen molar-refractivity contribution in [2.45, 2.75) is 19.9 Å². The average molecular weight is 265 g/mol. The minimum Gasteiger partial charge on any atom is -0.347 e. The van der Waals surface area contributed by atoms with Gasteiger partial charge in [0.05, 0.1) is 0 Å². The van der Waals surface area contributed by atoms with E-state index in [1.54, 1.807) is 4.90 Å². The van der Waals surface area contributed by atoms with Gasteiger partial charge >= 0.3 is 0 Å². The van der Waals surface area contributed by atoms with E-state index in [1.807, 2.05) is 27.9 Å². The van der Waals surface area contributed by atoms with Crippen molar-refractivity contribution in [1.29, 1.82) is 0 Å². The Hall–Kier alpha value is -1.13. The molecule has 1 saturated heterocycles. The van der Waals surface area contributed by atoms with Crippen LogP contribution in [0, 0.1) is 0 Å². The van der Waals surface area contributed by atoms with E-state index < -0.39 is 0 Å². The Kier molecular flexibility index (Phi) is 5.76. The molecule has 1 aliphatic heterocycles. The molecule has 108 valence electrons. The summed E-state index contributed by atoms with van der Waals surface area (Å²) in [6.07, 6.45) is 0. The Morgan fingerprint density at radius 3 is 2.21 bits per heavy atom. The van der Waals surface area contributed by atoms with Crippen LogP contribution in [0.4, 0.5) is 0 Å². The van der Waals surface area contributed by atoms with Crippen molar-refractivity contribution in [3.63, 3.8) is 0 Å². The number of hydrogen-bond acceptors (Lipinski definition) is 3. The van der Waals surface area contributed by atoms with Crippen LogP contribution in [-0.4, -0.2) is 73.5 Å². The number of hydrogen-bond donors (Lipinski definition) is 0. The Morgan fingerprint density at radius 1 is 1.16 bits per heavy atom. The first-order chi connectivity index (χ1) is 8.81. The number of amides is 1. The van der Waals surface area contributed by atoms with Gasteiger partial charge in [0.2, 0.25) is 5.91 Å². The van der Waals surface area contributed by atoms with E-state index in [1.165, 1.54) is 0 Å². The quantitative estimate of drug-likeness (QED) is 0.699. The number of carbonyl (C=O) groups excluding carboxylic acids is 1. The van der Waals surface area contributed by atoms with E-state index in [2.05, 4.69) is 23.0 Å². The highest BCUT2D eigenvalue weighted by Gasteiger charge is 2.32. The zero-order chi connectivity index (χ0) is 14.6. The molecule has 0 aliphatic carbocycles. The van der Waals surface area contributed by atoms with Gasteiger partial charge in [-0.1, -0.05) is 24.3 Å². The van der Waals surface area contributed by atoms with Crippen molar-refractivity contribution in [3.8, 4) is 0 Å². The largest absolute Gasteiger partial charge is 0.347 e. The topological polar surface area (TPSA) is 26.8 Å². The first-order valence-corrected chi connectivity index (χ1v) is 6.77. The molecule has 0 aromatic heterocycles.